The molecule has 7 nitrogen and oxygen atoms in total. The molecular formula is C14H8N6O. The van der Waals surface area contributed by atoms with Crippen LogP contribution >= 0.6 is 0 Å². The van der Waals surface area contributed by atoms with Crippen LogP contribution < -0.4 is 4.74 Å². The van der Waals surface area contributed by atoms with Gasteiger partial charge < -0.3 is 9.72 Å². The average Bonchev–Trinajstić information content (AvgIpc) is 2.96. The first-order valence-corrected chi connectivity index (χ1v) is 5.96. The van der Waals surface area contributed by atoms with E-state index in [9.17, 15) is 5.26 Å². The number of aromatic amines is 1. The molecule has 0 saturated carbocycles. The second-order valence-corrected chi connectivity index (χ2v) is 4.17. The monoisotopic (exact) mass is 276 g/mol. The van der Waals surface area contributed by atoms with Gasteiger partial charge in [-0.15, -0.1) is 0 Å². The summed E-state index contributed by atoms with van der Waals surface area (Å²) in [7, 11) is 1.42. The minimum absolute atomic E-state index is 0.245. The van der Waals surface area contributed by atoms with Crippen molar-refractivity contribution in [2.75, 3.05) is 7.11 Å². The predicted molar refractivity (Wildman–Crippen MR) is 73.1 cm³/mol. The Bertz CT molecular complexity index is 882. The van der Waals surface area contributed by atoms with Crippen molar-refractivity contribution >= 4 is 11.0 Å². The summed E-state index contributed by atoms with van der Waals surface area (Å²) in [5.74, 6) is 0.744. The Hall–Kier alpha value is -3.45. The maximum atomic E-state index is 9.38. The number of rotatable bonds is 2. The van der Waals surface area contributed by atoms with E-state index in [0.717, 1.165) is 0 Å². The largest absolute Gasteiger partial charge is 0.494 e. The Morgan fingerprint density at radius 2 is 1.95 bits per heavy atom. The zero-order valence-electron chi connectivity index (χ0n) is 11.0. The number of H-pyrrole nitrogens is 1. The quantitative estimate of drug-likeness (QED) is 0.763. The SMILES string of the molecule is COc1c(C#N)ccc(-c2nc3cnncc3[nH]2)c1C#N. The molecule has 0 aliphatic rings. The molecule has 100 valence electrons. The number of hydrogen-bond acceptors (Lipinski definition) is 6. The third-order valence-corrected chi connectivity index (χ3v) is 3.04. The molecule has 1 aromatic carbocycles. The summed E-state index contributed by atoms with van der Waals surface area (Å²) in [5, 5.41) is 26.0. The fraction of sp³-hybridized carbons (Fsp3) is 0.0714. The number of nitrogens with zero attached hydrogens (tertiary/aromatic N) is 5. The highest BCUT2D eigenvalue weighted by atomic mass is 16.5. The van der Waals surface area contributed by atoms with E-state index < -0.39 is 0 Å². The van der Waals surface area contributed by atoms with Crippen molar-refractivity contribution in [1.29, 1.82) is 10.5 Å². The van der Waals surface area contributed by atoms with Gasteiger partial charge in [-0.25, -0.2) is 4.98 Å². The van der Waals surface area contributed by atoms with E-state index in [1.54, 1.807) is 18.3 Å². The lowest BCUT2D eigenvalue weighted by Gasteiger charge is -2.08. The number of aromatic nitrogens is 4. The second-order valence-electron chi connectivity index (χ2n) is 4.17. The average molecular weight is 276 g/mol. The highest BCUT2D eigenvalue weighted by Crippen LogP contribution is 2.32. The number of methoxy groups -OCH3 is 1. The van der Waals surface area contributed by atoms with Gasteiger partial charge in [0.25, 0.3) is 0 Å². The molecule has 0 unspecified atom stereocenters. The first-order chi connectivity index (χ1) is 10.3. The van der Waals surface area contributed by atoms with Gasteiger partial charge in [0.15, 0.2) is 5.75 Å². The molecule has 0 spiro atoms. The normalized spacial score (nSPS) is 10.0. The molecule has 0 saturated heterocycles. The molecule has 7 heteroatoms. The van der Waals surface area contributed by atoms with Crippen molar-refractivity contribution in [2.24, 2.45) is 0 Å². The molecule has 0 bridgehead atoms. The molecule has 0 amide bonds. The third-order valence-electron chi connectivity index (χ3n) is 3.04. The molecule has 0 radical (unpaired) electrons. The summed E-state index contributed by atoms with van der Waals surface area (Å²) in [5.41, 5.74) is 2.48. The van der Waals surface area contributed by atoms with E-state index in [2.05, 4.69) is 26.2 Å². The summed E-state index contributed by atoms with van der Waals surface area (Å²) >= 11 is 0. The molecule has 2 aromatic heterocycles. The van der Waals surface area contributed by atoms with Crippen LogP contribution in [0.5, 0.6) is 5.75 Å². The maximum Gasteiger partial charge on any atom is 0.155 e. The lowest BCUT2D eigenvalue weighted by atomic mass is 10.0. The van der Waals surface area contributed by atoms with Crippen LogP contribution in [0.25, 0.3) is 22.4 Å². The lowest BCUT2D eigenvalue weighted by Crippen LogP contribution is -1.96. The Morgan fingerprint density at radius 3 is 2.62 bits per heavy atom. The van der Waals surface area contributed by atoms with E-state index in [1.165, 1.54) is 13.3 Å². The van der Waals surface area contributed by atoms with Gasteiger partial charge in [-0.3, -0.25) is 0 Å². The molecule has 0 aliphatic carbocycles. The molecule has 1 N–H and O–H groups in total. The number of ether oxygens (including phenoxy) is 1. The molecule has 3 aromatic rings. The molecule has 3 rings (SSSR count). The molecule has 2 heterocycles. The third kappa shape index (κ3) is 1.94. The van der Waals surface area contributed by atoms with E-state index in [1.807, 2.05) is 6.07 Å². The number of nitriles is 2. The van der Waals surface area contributed by atoms with Crippen molar-refractivity contribution in [2.45, 2.75) is 0 Å². The zero-order chi connectivity index (χ0) is 14.8. The van der Waals surface area contributed by atoms with Crippen LogP contribution in [-0.4, -0.2) is 27.3 Å². The van der Waals surface area contributed by atoms with Crippen molar-refractivity contribution in [3.8, 4) is 29.3 Å². The summed E-state index contributed by atoms with van der Waals surface area (Å²) in [6.07, 6.45) is 3.08. The topological polar surface area (TPSA) is 111 Å². The Balaban J connectivity index is 2.28. The number of nitrogens with one attached hydrogen (secondary N) is 1. The van der Waals surface area contributed by atoms with Gasteiger partial charge in [-0.2, -0.15) is 20.7 Å². The minimum Gasteiger partial charge on any atom is -0.494 e. The molecule has 0 aliphatic heterocycles. The van der Waals surface area contributed by atoms with Crippen LogP contribution in [0.15, 0.2) is 24.5 Å². The number of fused-ring (bicyclic) bond motifs is 1. The van der Waals surface area contributed by atoms with Crippen molar-refractivity contribution in [3.05, 3.63) is 35.7 Å². The van der Waals surface area contributed by atoms with Gasteiger partial charge in [0.2, 0.25) is 0 Å². The standard InChI is InChI=1S/C14H8N6O/c1-21-13-8(4-15)2-3-9(10(13)5-16)14-19-11-6-17-18-7-12(11)20-14/h2-3,6-7H,1H3,(H,19,20). The maximum absolute atomic E-state index is 9.38. The number of imidazole rings is 1. The molecule has 21 heavy (non-hydrogen) atoms. The van der Waals surface area contributed by atoms with Gasteiger partial charge in [0.1, 0.15) is 29.0 Å². The summed E-state index contributed by atoms with van der Waals surface area (Å²) < 4.78 is 5.18. The molecule has 0 fully saturated rings. The van der Waals surface area contributed by atoms with Gasteiger partial charge >= 0.3 is 0 Å². The smallest absolute Gasteiger partial charge is 0.155 e. The number of hydrogen-bond donors (Lipinski definition) is 1. The Labute approximate surface area is 119 Å². The van der Waals surface area contributed by atoms with E-state index in [4.69, 9.17) is 10.00 Å². The number of benzene rings is 1. The summed E-state index contributed by atoms with van der Waals surface area (Å²) in [4.78, 5) is 7.45. The van der Waals surface area contributed by atoms with Gasteiger partial charge in [0, 0.05) is 5.56 Å². The van der Waals surface area contributed by atoms with E-state index in [0.29, 0.717) is 28.0 Å². The van der Waals surface area contributed by atoms with Gasteiger partial charge in [0.05, 0.1) is 30.6 Å². The van der Waals surface area contributed by atoms with Crippen molar-refractivity contribution in [3.63, 3.8) is 0 Å². The van der Waals surface area contributed by atoms with Crippen LogP contribution in [0.4, 0.5) is 0 Å². The van der Waals surface area contributed by atoms with Gasteiger partial charge in [-0.05, 0) is 12.1 Å². The van der Waals surface area contributed by atoms with E-state index in [-0.39, 0.29) is 11.3 Å². The van der Waals surface area contributed by atoms with Crippen LogP contribution in [0.1, 0.15) is 11.1 Å². The predicted octanol–water partition coefficient (Wildman–Crippen LogP) is 1.77. The van der Waals surface area contributed by atoms with E-state index >= 15 is 0 Å². The second kappa shape index (κ2) is 4.91. The van der Waals surface area contributed by atoms with Crippen molar-refractivity contribution < 1.29 is 4.74 Å². The van der Waals surface area contributed by atoms with Crippen LogP contribution in [0.3, 0.4) is 0 Å². The first kappa shape index (κ1) is 12.6. The Kier molecular flexibility index (Phi) is 2.94. The van der Waals surface area contributed by atoms with Crippen molar-refractivity contribution in [1.82, 2.24) is 20.2 Å². The highest BCUT2D eigenvalue weighted by Gasteiger charge is 2.17. The Morgan fingerprint density at radius 1 is 1.14 bits per heavy atom. The fourth-order valence-electron chi connectivity index (χ4n) is 2.09. The summed E-state index contributed by atoms with van der Waals surface area (Å²) in [6.45, 7) is 0. The zero-order valence-corrected chi connectivity index (χ0v) is 11.0. The fourth-order valence-corrected chi connectivity index (χ4v) is 2.09. The first-order valence-electron chi connectivity index (χ1n) is 5.96. The molecular weight excluding hydrogens is 268 g/mol. The lowest BCUT2D eigenvalue weighted by molar-refractivity contribution is 0.412. The van der Waals surface area contributed by atoms with Gasteiger partial charge in [-0.1, -0.05) is 0 Å². The van der Waals surface area contributed by atoms with Crippen LogP contribution in [0, 0.1) is 22.7 Å². The highest BCUT2D eigenvalue weighted by molar-refractivity contribution is 5.80. The van der Waals surface area contributed by atoms with Crippen LogP contribution in [-0.2, 0) is 0 Å². The minimum atomic E-state index is 0.245. The van der Waals surface area contributed by atoms with Crippen LogP contribution in [0.2, 0.25) is 0 Å². The summed E-state index contributed by atoms with van der Waals surface area (Å²) in [6, 6.07) is 7.33. The molecule has 0 atom stereocenters.